The van der Waals surface area contributed by atoms with Gasteiger partial charge < -0.3 is 10.1 Å². The molecule has 4 aromatic rings. The second-order valence-corrected chi connectivity index (χ2v) is 8.57. The molecule has 10 heteroatoms. The molecule has 1 aliphatic rings. The van der Waals surface area contributed by atoms with Crippen molar-refractivity contribution in [3.05, 3.63) is 89.9 Å². The van der Waals surface area contributed by atoms with Crippen LogP contribution in [0.4, 0.5) is 20.3 Å². The highest BCUT2D eigenvalue weighted by atomic mass is 19.3. The number of pyridine rings is 3. The predicted octanol–water partition coefficient (Wildman–Crippen LogP) is 7.00. The second kappa shape index (κ2) is 10.2. The molecule has 0 saturated carbocycles. The molecule has 0 amide bonds. The van der Waals surface area contributed by atoms with Crippen molar-refractivity contribution in [3.8, 4) is 22.9 Å². The van der Waals surface area contributed by atoms with Gasteiger partial charge in [-0.25, -0.2) is 18.7 Å². The fourth-order valence-corrected chi connectivity index (χ4v) is 3.78. The molecule has 0 bridgehead atoms. The molecule has 0 unspecified atom stereocenters. The summed E-state index contributed by atoms with van der Waals surface area (Å²) in [5.41, 5.74) is 3.75. The molecule has 0 atom stereocenters. The number of nitrogens with one attached hydrogen (secondary N) is 1. The first-order valence-corrected chi connectivity index (χ1v) is 11.6. The molecule has 0 radical (unpaired) electrons. The lowest BCUT2D eigenvalue weighted by atomic mass is 10.0. The molecular formula is C27H23F2N7O. The van der Waals surface area contributed by atoms with E-state index in [0.29, 0.717) is 34.4 Å². The highest BCUT2D eigenvalue weighted by Crippen LogP contribution is 2.36. The number of alkyl halides is 2. The molecule has 1 aromatic carbocycles. The summed E-state index contributed by atoms with van der Waals surface area (Å²) in [4.78, 5) is 13.4. The van der Waals surface area contributed by atoms with Crippen LogP contribution in [0.25, 0.3) is 11.4 Å². The molecule has 0 spiro atoms. The topological polar surface area (TPSA) is 97.0 Å². The first-order chi connectivity index (χ1) is 17.9. The van der Waals surface area contributed by atoms with Crippen LogP contribution >= 0.6 is 0 Å². The summed E-state index contributed by atoms with van der Waals surface area (Å²) in [5, 5.41) is 13.8. The van der Waals surface area contributed by atoms with Gasteiger partial charge in [-0.2, -0.15) is 5.11 Å². The number of hydrogen-bond acceptors (Lipinski definition) is 8. The van der Waals surface area contributed by atoms with Crippen molar-refractivity contribution in [1.82, 2.24) is 15.0 Å². The number of anilines is 2. The molecule has 0 fully saturated rings. The molecule has 0 aliphatic carbocycles. The number of hydrogen-bond donors (Lipinski definition) is 1. The minimum absolute atomic E-state index is 0.0995. The van der Waals surface area contributed by atoms with E-state index in [1.54, 1.807) is 36.7 Å². The van der Waals surface area contributed by atoms with E-state index >= 15 is 0 Å². The molecular weight excluding hydrogens is 476 g/mol. The zero-order valence-corrected chi connectivity index (χ0v) is 20.2. The minimum Gasteiger partial charge on any atom is -0.455 e. The smallest absolute Gasteiger partial charge is 0.278 e. The SMILES string of the molecule is Cc1cc(Oc2ccnc(Nc3cccc(C(F)(F)CC4=NN=NC4)c3)c2)c(-c2ccccn2)nc1C. The number of nitrogens with zero attached hydrogens (tertiary/aromatic N) is 6. The monoisotopic (exact) mass is 499 g/mol. The highest BCUT2D eigenvalue weighted by Gasteiger charge is 2.34. The molecule has 1 aliphatic heterocycles. The largest absolute Gasteiger partial charge is 0.455 e. The van der Waals surface area contributed by atoms with Crippen molar-refractivity contribution in [2.45, 2.75) is 26.2 Å². The van der Waals surface area contributed by atoms with Crippen molar-refractivity contribution in [2.24, 2.45) is 15.4 Å². The summed E-state index contributed by atoms with van der Waals surface area (Å²) in [6, 6.07) is 17.0. The molecule has 37 heavy (non-hydrogen) atoms. The first kappa shape index (κ1) is 24.1. The van der Waals surface area contributed by atoms with Gasteiger partial charge in [0.2, 0.25) is 0 Å². The average molecular weight is 500 g/mol. The van der Waals surface area contributed by atoms with Gasteiger partial charge in [-0.15, -0.1) is 5.10 Å². The van der Waals surface area contributed by atoms with Crippen LogP contribution in [0.3, 0.4) is 0 Å². The Labute approximate surface area is 212 Å². The fraction of sp³-hybridized carbons (Fsp3) is 0.185. The van der Waals surface area contributed by atoms with Crippen molar-refractivity contribution in [3.63, 3.8) is 0 Å². The van der Waals surface area contributed by atoms with Crippen molar-refractivity contribution < 1.29 is 13.5 Å². The summed E-state index contributed by atoms with van der Waals surface area (Å²) in [5.74, 6) is -1.61. The van der Waals surface area contributed by atoms with Gasteiger partial charge in [-0.1, -0.05) is 18.2 Å². The van der Waals surface area contributed by atoms with Crippen LogP contribution in [0.2, 0.25) is 0 Å². The standard InChI is InChI=1S/C27H23F2N7O/c1-17-12-24(26(33-18(17)2)23-8-3-4-10-30-23)37-22-9-11-31-25(14-22)34-20-7-5-6-19(13-20)27(28,29)15-21-16-32-36-35-21/h3-14H,15-16H2,1-2H3,(H,31,34). The van der Waals surface area contributed by atoms with Crippen LogP contribution in [0, 0.1) is 13.8 Å². The first-order valence-electron chi connectivity index (χ1n) is 11.6. The zero-order chi connectivity index (χ0) is 25.8. The van der Waals surface area contributed by atoms with Crippen LogP contribution < -0.4 is 10.1 Å². The molecule has 4 heterocycles. The maximum atomic E-state index is 14.8. The van der Waals surface area contributed by atoms with Crippen LogP contribution in [0.15, 0.2) is 88.5 Å². The van der Waals surface area contributed by atoms with E-state index in [1.807, 2.05) is 38.1 Å². The van der Waals surface area contributed by atoms with Crippen molar-refractivity contribution >= 4 is 17.2 Å². The number of halogens is 2. The Bertz CT molecular complexity index is 1490. The lowest BCUT2D eigenvalue weighted by Crippen LogP contribution is -2.19. The third-order valence-electron chi connectivity index (χ3n) is 5.78. The second-order valence-electron chi connectivity index (χ2n) is 8.57. The molecule has 1 N–H and O–H groups in total. The number of benzene rings is 1. The van der Waals surface area contributed by atoms with Crippen LogP contribution in [0.1, 0.15) is 23.2 Å². The third kappa shape index (κ3) is 5.64. The maximum Gasteiger partial charge on any atom is 0.278 e. The highest BCUT2D eigenvalue weighted by molar-refractivity contribution is 5.88. The van der Waals surface area contributed by atoms with Gasteiger partial charge in [0.25, 0.3) is 5.92 Å². The summed E-state index contributed by atoms with van der Waals surface area (Å²) in [6.45, 7) is 3.99. The van der Waals surface area contributed by atoms with E-state index in [9.17, 15) is 8.78 Å². The van der Waals surface area contributed by atoms with Gasteiger partial charge in [0, 0.05) is 35.4 Å². The molecule has 8 nitrogen and oxygen atoms in total. The van der Waals surface area contributed by atoms with Crippen LogP contribution in [-0.4, -0.2) is 27.2 Å². The summed E-state index contributed by atoms with van der Waals surface area (Å²) >= 11 is 0. The van der Waals surface area contributed by atoms with Gasteiger partial charge in [-0.3, -0.25) is 4.98 Å². The molecule has 3 aromatic heterocycles. The maximum absolute atomic E-state index is 14.8. The van der Waals surface area contributed by atoms with Gasteiger partial charge in [0.1, 0.15) is 23.8 Å². The lowest BCUT2D eigenvalue weighted by molar-refractivity contribution is 0.00376. The van der Waals surface area contributed by atoms with E-state index < -0.39 is 12.3 Å². The predicted molar refractivity (Wildman–Crippen MR) is 137 cm³/mol. The minimum atomic E-state index is -3.11. The lowest BCUT2D eigenvalue weighted by Gasteiger charge is -2.17. The zero-order valence-electron chi connectivity index (χ0n) is 20.2. The number of rotatable bonds is 8. The molecule has 186 valence electrons. The van der Waals surface area contributed by atoms with Crippen LogP contribution in [0.5, 0.6) is 11.5 Å². The number of aryl methyl sites for hydroxylation is 2. The molecule has 0 saturated heterocycles. The Kier molecular flexibility index (Phi) is 6.63. The Hall–Kier alpha value is -4.60. The van der Waals surface area contributed by atoms with Crippen molar-refractivity contribution in [2.75, 3.05) is 11.9 Å². The van der Waals surface area contributed by atoms with E-state index in [2.05, 4.69) is 35.7 Å². The number of ether oxygens (including phenoxy) is 1. The Morgan fingerprint density at radius 1 is 0.973 bits per heavy atom. The van der Waals surface area contributed by atoms with Gasteiger partial charge in [-0.05, 0) is 61.0 Å². The third-order valence-corrected chi connectivity index (χ3v) is 5.78. The van der Waals surface area contributed by atoms with Gasteiger partial charge >= 0.3 is 0 Å². The quantitative estimate of drug-likeness (QED) is 0.282. The van der Waals surface area contributed by atoms with E-state index in [1.165, 1.54) is 12.1 Å². The Morgan fingerprint density at radius 2 is 1.86 bits per heavy atom. The summed E-state index contributed by atoms with van der Waals surface area (Å²) in [7, 11) is 0. The Balaban J connectivity index is 1.37. The molecule has 5 rings (SSSR count). The Morgan fingerprint density at radius 3 is 2.65 bits per heavy atom. The van der Waals surface area contributed by atoms with E-state index in [4.69, 9.17) is 4.74 Å². The van der Waals surface area contributed by atoms with Crippen molar-refractivity contribution in [1.29, 1.82) is 0 Å². The van der Waals surface area contributed by atoms with Gasteiger partial charge in [0.05, 0.1) is 17.8 Å². The van der Waals surface area contributed by atoms with Gasteiger partial charge in [0.15, 0.2) is 5.75 Å². The van der Waals surface area contributed by atoms with E-state index in [0.717, 1.165) is 11.3 Å². The van der Waals surface area contributed by atoms with Crippen LogP contribution in [-0.2, 0) is 5.92 Å². The summed E-state index contributed by atoms with van der Waals surface area (Å²) < 4.78 is 35.9. The number of aromatic nitrogens is 3. The fourth-order valence-electron chi connectivity index (χ4n) is 3.78. The average Bonchev–Trinajstić information content (AvgIpc) is 3.39. The van der Waals surface area contributed by atoms with E-state index in [-0.39, 0.29) is 17.8 Å². The normalized spacial score (nSPS) is 12.9. The summed E-state index contributed by atoms with van der Waals surface area (Å²) in [6.07, 6.45) is 2.75.